The summed E-state index contributed by atoms with van der Waals surface area (Å²) in [6.45, 7) is 0. The van der Waals surface area contributed by atoms with Crippen molar-refractivity contribution in [2.45, 2.75) is 12.5 Å². The Morgan fingerprint density at radius 2 is 1.47 bits per heavy atom. The number of rotatable bonds is 8. The summed E-state index contributed by atoms with van der Waals surface area (Å²) in [5.74, 6) is 0.227. The van der Waals surface area contributed by atoms with Gasteiger partial charge in [-0.3, -0.25) is 20.2 Å². The highest BCUT2D eigenvalue weighted by Crippen LogP contribution is 2.22. The van der Waals surface area contributed by atoms with E-state index in [0.29, 0.717) is 17.0 Å². The van der Waals surface area contributed by atoms with Crippen molar-refractivity contribution in [3.8, 4) is 11.1 Å². The van der Waals surface area contributed by atoms with Crippen LogP contribution < -0.4 is 11.2 Å². The molecule has 6 nitrogen and oxygen atoms in total. The van der Waals surface area contributed by atoms with Crippen molar-refractivity contribution in [3.05, 3.63) is 120 Å². The second kappa shape index (κ2) is 10.1. The van der Waals surface area contributed by atoms with E-state index >= 15 is 0 Å². The summed E-state index contributed by atoms with van der Waals surface area (Å²) in [7, 11) is 0. The molecule has 2 aromatic carbocycles. The quantitative estimate of drug-likeness (QED) is 0.191. The summed E-state index contributed by atoms with van der Waals surface area (Å²) < 4.78 is 0. The third-order valence-electron chi connectivity index (χ3n) is 5.02. The third-order valence-corrected chi connectivity index (χ3v) is 5.02. The van der Waals surface area contributed by atoms with Crippen molar-refractivity contribution in [2.75, 3.05) is 0 Å². The minimum absolute atomic E-state index is 0.0145. The molecule has 4 aromatic rings. The number of hydrogen-bond acceptors (Lipinski definition) is 5. The Morgan fingerprint density at radius 1 is 0.812 bits per heavy atom. The number of benzene rings is 2. The van der Waals surface area contributed by atoms with E-state index in [0.717, 1.165) is 11.1 Å². The molecular weight excluding hydrogens is 398 g/mol. The average molecular weight is 422 g/mol. The van der Waals surface area contributed by atoms with Crippen molar-refractivity contribution in [2.24, 2.45) is 10.8 Å². The maximum atomic E-state index is 13.0. The van der Waals surface area contributed by atoms with Crippen molar-refractivity contribution >= 4 is 11.6 Å². The zero-order valence-corrected chi connectivity index (χ0v) is 17.4. The topological polar surface area (TPSA) is 93.3 Å². The molecule has 0 bridgehead atoms. The SMILES string of the molecule is N/C(=N\NC(CC(=O)c1ccc(-c2ccccc2)cc1)c1ccccn1)c1ccccn1. The van der Waals surface area contributed by atoms with Crippen LogP contribution in [0.5, 0.6) is 0 Å². The molecule has 0 fully saturated rings. The fourth-order valence-corrected chi connectivity index (χ4v) is 3.30. The predicted molar refractivity (Wildman–Crippen MR) is 126 cm³/mol. The van der Waals surface area contributed by atoms with E-state index < -0.39 is 6.04 Å². The minimum atomic E-state index is -0.431. The number of hydrazone groups is 1. The van der Waals surface area contributed by atoms with Gasteiger partial charge in [-0.2, -0.15) is 5.10 Å². The first-order valence-electron chi connectivity index (χ1n) is 10.3. The summed E-state index contributed by atoms with van der Waals surface area (Å²) in [6, 6.07) is 28.2. The molecule has 0 saturated heterocycles. The van der Waals surface area contributed by atoms with Crippen LogP contribution in [0.2, 0.25) is 0 Å². The first kappa shape index (κ1) is 20.9. The van der Waals surface area contributed by atoms with E-state index in [2.05, 4.69) is 20.5 Å². The smallest absolute Gasteiger partial charge is 0.169 e. The predicted octanol–water partition coefficient (Wildman–Crippen LogP) is 4.37. The molecule has 0 amide bonds. The Balaban J connectivity index is 1.51. The molecule has 158 valence electrons. The van der Waals surface area contributed by atoms with Gasteiger partial charge in [-0.05, 0) is 35.4 Å². The van der Waals surface area contributed by atoms with Gasteiger partial charge in [-0.25, -0.2) is 0 Å². The van der Waals surface area contributed by atoms with Crippen LogP contribution in [-0.4, -0.2) is 21.6 Å². The Labute approximate surface area is 186 Å². The zero-order chi connectivity index (χ0) is 22.2. The largest absolute Gasteiger partial charge is 0.380 e. The normalized spacial score (nSPS) is 12.2. The average Bonchev–Trinajstić information content (AvgIpc) is 2.88. The fraction of sp³-hybridized carbons (Fsp3) is 0.0769. The summed E-state index contributed by atoms with van der Waals surface area (Å²) in [5, 5.41) is 4.26. The van der Waals surface area contributed by atoms with Crippen molar-refractivity contribution in [1.29, 1.82) is 0 Å². The lowest BCUT2D eigenvalue weighted by Gasteiger charge is -2.16. The molecule has 0 aliphatic rings. The highest BCUT2D eigenvalue weighted by molar-refractivity contribution is 5.97. The standard InChI is InChI=1S/C26H23N5O/c27-26(23-11-5-7-17-29-23)31-30-24(22-10-4-6-16-28-22)18-25(32)21-14-12-20(13-15-21)19-8-2-1-3-9-19/h1-17,24,30H,18H2,(H2,27,31). The molecule has 1 unspecified atom stereocenters. The number of nitrogens with zero attached hydrogens (tertiary/aromatic N) is 3. The highest BCUT2D eigenvalue weighted by Gasteiger charge is 2.18. The molecule has 4 rings (SSSR count). The molecule has 32 heavy (non-hydrogen) atoms. The Morgan fingerprint density at radius 3 is 2.12 bits per heavy atom. The van der Waals surface area contributed by atoms with Crippen LogP contribution in [-0.2, 0) is 0 Å². The third kappa shape index (κ3) is 5.23. The molecule has 0 radical (unpaired) electrons. The number of nitrogens with two attached hydrogens (primary N) is 1. The molecular formula is C26H23N5O. The molecule has 6 heteroatoms. The van der Waals surface area contributed by atoms with Gasteiger partial charge in [0, 0.05) is 24.4 Å². The molecule has 0 aliphatic carbocycles. The van der Waals surface area contributed by atoms with Gasteiger partial charge in [0.2, 0.25) is 0 Å². The van der Waals surface area contributed by atoms with Crippen LogP contribution in [0.25, 0.3) is 11.1 Å². The number of amidine groups is 1. The number of pyridine rings is 2. The minimum Gasteiger partial charge on any atom is -0.380 e. The summed E-state index contributed by atoms with van der Waals surface area (Å²) in [4.78, 5) is 21.6. The highest BCUT2D eigenvalue weighted by atomic mass is 16.1. The Hall–Kier alpha value is -4.32. The van der Waals surface area contributed by atoms with E-state index in [1.54, 1.807) is 18.5 Å². The van der Waals surface area contributed by atoms with Gasteiger partial charge >= 0.3 is 0 Å². The van der Waals surface area contributed by atoms with E-state index in [4.69, 9.17) is 5.73 Å². The lowest BCUT2D eigenvalue weighted by molar-refractivity contribution is 0.0968. The number of carbonyl (C=O) groups is 1. The molecule has 2 aromatic heterocycles. The monoisotopic (exact) mass is 421 g/mol. The Bertz CT molecular complexity index is 1180. The first-order valence-corrected chi connectivity index (χ1v) is 10.3. The number of ketones is 1. The van der Waals surface area contributed by atoms with Crippen LogP contribution in [0.1, 0.15) is 34.2 Å². The maximum absolute atomic E-state index is 13.0. The molecule has 1 atom stereocenters. The van der Waals surface area contributed by atoms with E-state index in [1.807, 2.05) is 84.9 Å². The van der Waals surface area contributed by atoms with Gasteiger partial charge in [-0.15, -0.1) is 0 Å². The number of hydrogen-bond donors (Lipinski definition) is 2. The molecule has 0 aliphatic heterocycles. The van der Waals surface area contributed by atoms with Crippen LogP contribution in [0.4, 0.5) is 0 Å². The van der Waals surface area contributed by atoms with E-state index in [-0.39, 0.29) is 18.0 Å². The van der Waals surface area contributed by atoms with E-state index in [1.165, 1.54) is 0 Å². The Kier molecular flexibility index (Phi) is 6.63. The fourth-order valence-electron chi connectivity index (χ4n) is 3.30. The first-order chi connectivity index (χ1) is 15.7. The molecule has 3 N–H and O–H groups in total. The van der Waals surface area contributed by atoms with Crippen LogP contribution >= 0.6 is 0 Å². The van der Waals surface area contributed by atoms with Gasteiger partial charge < -0.3 is 5.73 Å². The lowest BCUT2D eigenvalue weighted by Crippen LogP contribution is -2.25. The van der Waals surface area contributed by atoms with Crippen molar-refractivity contribution < 1.29 is 4.79 Å². The van der Waals surface area contributed by atoms with E-state index in [9.17, 15) is 4.79 Å². The van der Waals surface area contributed by atoms with Crippen molar-refractivity contribution in [1.82, 2.24) is 15.4 Å². The van der Waals surface area contributed by atoms with Gasteiger partial charge in [0.1, 0.15) is 5.69 Å². The van der Waals surface area contributed by atoms with Crippen molar-refractivity contribution in [3.63, 3.8) is 0 Å². The summed E-state index contributed by atoms with van der Waals surface area (Å²) >= 11 is 0. The second-order valence-electron chi connectivity index (χ2n) is 7.22. The number of carbonyl (C=O) groups excluding carboxylic acids is 1. The lowest BCUT2D eigenvalue weighted by atomic mass is 9.98. The number of Topliss-reactive ketones (excluding diaryl/α,β-unsaturated/α-hetero) is 1. The number of nitrogens with one attached hydrogen (secondary N) is 1. The molecule has 2 heterocycles. The number of aromatic nitrogens is 2. The van der Waals surface area contributed by atoms with Crippen LogP contribution in [0.3, 0.4) is 0 Å². The van der Waals surface area contributed by atoms with Crippen LogP contribution in [0.15, 0.2) is 108 Å². The maximum Gasteiger partial charge on any atom is 0.169 e. The summed E-state index contributed by atoms with van der Waals surface area (Å²) in [5.41, 5.74) is 13.1. The molecule has 0 saturated carbocycles. The molecule has 0 spiro atoms. The van der Waals surface area contributed by atoms with Crippen LogP contribution in [0, 0.1) is 0 Å². The zero-order valence-electron chi connectivity index (χ0n) is 17.4. The van der Waals surface area contributed by atoms with Gasteiger partial charge in [0.05, 0.1) is 11.7 Å². The summed E-state index contributed by atoms with van der Waals surface area (Å²) in [6.07, 6.45) is 3.52. The van der Waals surface area contributed by atoms with Gasteiger partial charge in [0.15, 0.2) is 11.6 Å². The second-order valence-corrected chi connectivity index (χ2v) is 7.22. The van der Waals surface area contributed by atoms with Gasteiger partial charge in [0.25, 0.3) is 0 Å². The van der Waals surface area contributed by atoms with Gasteiger partial charge in [-0.1, -0.05) is 66.7 Å².